The molecule has 148 valence electrons. The summed E-state index contributed by atoms with van der Waals surface area (Å²) >= 11 is 1.47. The number of aromatic nitrogens is 3. The second kappa shape index (κ2) is 6.93. The maximum Gasteiger partial charge on any atom is 0.325 e. The molecule has 1 aliphatic rings. The van der Waals surface area contributed by atoms with Crippen LogP contribution in [0, 0.1) is 13.8 Å². The molecule has 1 unspecified atom stereocenters. The molecule has 29 heavy (non-hydrogen) atoms. The first kappa shape index (κ1) is 19.0. The normalized spacial score (nSPS) is 18.9. The number of hydrogen-bond donors (Lipinski definition) is 1. The number of hydrogen-bond acceptors (Lipinski definition) is 6. The number of amides is 3. The van der Waals surface area contributed by atoms with E-state index in [2.05, 4.69) is 15.3 Å². The summed E-state index contributed by atoms with van der Waals surface area (Å²) in [5.74, 6) is -0.807. The highest BCUT2D eigenvalue weighted by Crippen LogP contribution is 2.28. The second-order valence-electron chi connectivity index (χ2n) is 7.02. The fourth-order valence-corrected chi connectivity index (χ4v) is 4.32. The highest BCUT2D eigenvalue weighted by molar-refractivity contribution is 7.12. The first-order chi connectivity index (χ1) is 13.8. The maximum absolute atomic E-state index is 13.0. The molecule has 0 spiro atoms. The Morgan fingerprint density at radius 3 is 2.66 bits per heavy atom. The van der Waals surface area contributed by atoms with Crippen LogP contribution in [-0.4, -0.2) is 43.7 Å². The summed E-state index contributed by atoms with van der Waals surface area (Å²) in [4.78, 5) is 47.9. The third-order valence-corrected chi connectivity index (χ3v) is 5.85. The number of nitrogens with zero attached hydrogens (tertiary/aromatic N) is 4. The predicted molar refractivity (Wildman–Crippen MR) is 107 cm³/mol. The quantitative estimate of drug-likeness (QED) is 0.516. The molecule has 0 bridgehead atoms. The first-order valence-electron chi connectivity index (χ1n) is 9.00. The fourth-order valence-electron chi connectivity index (χ4n) is 3.57. The molecule has 0 aliphatic carbocycles. The molecule has 3 aromatic rings. The summed E-state index contributed by atoms with van der Waals surface area (Å²) in [7, 11) is 0. The van der Waals surface area contributed by atoms with Gasteiger partial charge in [0, 0.05) is 34.7 Å². The van der Waals surface area contributed by atoms with Crippen LogP contribution in [0.3, 0.4) is 0 Å². The van der Waals surface area contributed by atoms with Crippen LogP contribution < -0.4 is 5.32 Å². The van der Waals surface area contributed by atoms with Gasteiger partial charge in [-0.1, -0.05) is 6.07 Å². The molecule has 8 nitrogen and oxygen atoms in total. The van der Waals surface area contributed by atoms with Crippen molar-refractivity contribution in [2.24, 2.45) is 0 Å². The van der Waals surface area contributed by atoms with E-state index in [0.29, 0.717) is 11.3 Å². The Morgan fingerprint density at radius 2 is 2.00 bits per heavy atom. The average Bonchev–Trinajstić information content (AvgIpc) is 3.38. The largest absolute Gasteiger partial charge is 0.325 e. The van der Waals surface area contributed by atoms with Crippen LogP contribution in [0.5, 0.6) is 0 Å². The van der Waals surface area contributed by atoms with E-state index in [4.69, 9.17) is 0 Å². The lowest BCUT2D eigenvalue weighted by molar-refractivity contribution is -0.130. The smallest absolute Gasteiger partial charge is 0.318 e. The number of pyridine rings is 1. The van der Waals surface area contributed by atoms with Crippen LogP contribution in [0.15, 0.2) is 42.0 Å². The first-order valence-corrected chi connectivity index (χ1v) is 9.88. The van der Waals surface area contributed by atoms with Gasteiger partial charge in [-0.25, -0.2) is 9.78 Å². The van der Waals surface area contributed by atoms with E-state index in [1.807, 2.05) is 23.8 Å². The zero-order valence-corrected chi connectivity index (χ0v) is 17.0. The van der Waals surface area contributed by atoms with Crippen molar-refractivity contribution in [3.8, 4) is 5.13 Å². The van der Waals surface area contributed by atoms with Crippen molar-refractivity contribution >= 4 is 29.1 Å². The van der Waals surface area contributed by atoms with Gasteiger partial charge in [-0.15, -0.1) is 11.3 Å². The molecule has 1 aliphatic heterocycles. The molecular formula is C20H19N5O3S. The lowest BCUT2D eigenvalue weighted by Crippen LogP contribution is -2.42. The van der Waals surface area contributed by atoms with Crippen LogP contribution >= 0.6 is 11.3 Å². The van der Waals surface area contributed by atoms with Gasteiger partial charge >= 0.3 is 6.03 Å². The SMILES string of the molecule is Cc1cc(C(=O)CN2C(=O)NC(C)(c3ccccn3)C2=O)c(C)n1-c1nccs1. The topological polar surface area (TPSA) is 97.2 Å². The predicted octanol–water partition coefficient (Wildman–Crippen LogP) is 2.60. The third kappa shape index (κ3) is 3.03. The molecule has 0 radical (unpaired) electrons. The van der Waals surface area contributed by atoms with Gasteiger partial charge in [-0.05, 0) is 39.0 Å². The number of imide groups is 1. The van der Waals surface area contributed by atoms with Crippen molar-refractivity contribution in [1.82, 2.24) is 24.8 Å². The van der Waals surface area contributed by atoms with Crippen LogP contribution in [0.4, 0.5) is 4.79 Å². The molecule has 0 saturated carbocycles. The highest BCUT2D eigenvalue weighted by atomic mass is 32.1. The fraction of sp³-hybridized carbons (Fsp3) is 0.250. The third-order valence-electron chi connectivity index (χ3n) is 5.10. The Hall–Kier alpha value is -3.33. The van der Waals surface area contributed by atoms with Crippen LogP contribution in [0.25, 0.3) is 5.13 Å². The average molecular weight is 409 g/mol. The van der Waals surface area contributed by atoms with Gasteiger partial charge < -0.3 is 5.32 Å². The Labute approximate surface area is 171 Å². The van der Waals surface area contributed by atoms with E-state index >= 15 is 0 Å². The zero-order valence-electron chi connectivity index (χ0n) is 16.2. The van der Waals surface area contributed by atoms with E-state index in [1.54, 1.807) is 43.6 Å². The van der Waals surface area contributed by atoms with Crippen molar-refractivity contribution in [2.75, 3.05) is 6.54 Å². The molecule has 3 aromatic heterocycles. The van der Waals surface area contributed by atoms with Crippen LogP contribution in [-0.2, 0) is 10.3 Å². The van der Waals surface area contributed by atoms with Gasteiger partial charge in [0.05, 0.1) is 12.2 Å². The molecule has 0 aromatic carbocycles. The van der Waals surface area contributed by atoms with E-state index in [9.17, 15) is 14.4 Å². The van der Waals surface area contributed by atoms with E-state index in [0.717, 1.165) is 21.4 Å². The van der Waals surface area contributed by atoms with Crippen LogP contribution in [0.1, 0.15) is 34.4 Å². The Bertz CT molecular complexity index is 1110. The summed E-state index contributed by atoms with van der Waals surface area (Å²) in [6.45, 7) is 4.96. The van der Waals surface area contributed by atoms with Gasteiger partial charge in [0.25, 0.3) is 5.91 Å². The number of carbonyl (C=O) groups is 3. The van der Waals surface area contributed by atoms with Crippen molar-refractivity contribution < 1.29 is 14.4 Å². The molecule has 4 heterocycles. The van der Waals surface area contributed by atoms with E-state index in [1.165, 1.54) is 11.3 Å². The number of rotatable bonds is 5. The number of nitrogens with one attached hydrogen (secondary N) is 1. The highest BCUT2D eigenvalue weighted by Gasteiger charge is 2.50. The van der Waals surface area contributed by atoms with Crippen molar-refractivity contribution in [2.45, 2.75) is 26.3 Å². The van der Waals surface area contributed by atoms with Crippen LogP contribution in [0.2, 0.25) is 0 Å². The summed E-state index contributed by atoms with van der Waals surface area (Å²) in [6, 6.07) is 6.30. The molecule has 3 amide bonds. The number of urea groups is 1. The number of Topliss-reactive ketones (excluding diaryl/α,β-unsaturated/α-hetero) is 1. The monoisotopic (exact) mass is 409 g/mol. The minimum absolute atomic E-state index is 0.310. The summed E-state index contributed by atoms with van der Waals surface area (Å²) in [5.41, 5.74) is 1.18. The van der Waals surface area contributed by atoms with Gasteiger partial charge in [-0.2, -0.15) is 0 Å². The lowest BCUT2D eigenvalue weighted by atomic mass is 9.97. The number of ketones is 1. The molecule has 1 atom stereocenters. The number of carbonyl (C=O) groups excluding carboxylic acids is 3. The molecule has 4 rings (SSSR count). The second-order valence-corrected chi connectivity index (χ2v) is 7.89. The molecular weight excluding hydrogens is 390 g/mol. The molecule has 1 saturated heterocycles. The standard InChI is InChI=1S/C20H19N5O3S/c1-12-10-14(13(2)25(12)19-22-8-9-29-19)15(26)11-24-17(27)20(3,23-18(24)28)16-6-4-5-7-21-16/h4-10H,11H2,1-3H3,(H,23,28). The minimum atomic E-state index is -1.30. The molecule has 9 heteroatoms. The van der Waals surface area contributed by atoms with Gasteiger partial charge in [0.15, 0.2) is 16.5 Å². The van der Waals surface area contributed by atoms with E-state index in [-0.39, 0.29) is 12.3 Å². The summed E-state index contributed by atoms with van der Waals surface area (Å²) in [5, 5.41) is 5.29. The lowest BCUT2D eigenvalue weighted by Gasteiger charge is -2.20. The minimum Gasteiger partial charge on any atom is -0.318 e. The van der Waals surface area contributed by atoms with Crippen molar-refractivity contribution in [3.63, 3.8) is 0 Å². The zero-order chi connectivity index (χ0) is 20.8. The molecule has 1 fully saturated rings. The molecule has 1 N–H and O–H groups in total. The Morgan fingerprint density at radius 1 is 1.21 bits per heavy atom. The number of aryl methyl sites for hydroxylation is 1. The summed E-state index contributed by atoms with van der Waals surface area (Å²) in [6.07, 6.45) is 3.26. The van der Waals surface area contributed by atoms with Crippen molar-refractivity contribution in [3.05, 3.63) is 64.7 Å². The van der Waals surface area contributed by atoms with E-state index < -0.39 is 17.5 Å². The maximum atomic E-state index is 13.0. The van der Waals surface area contributed by atoms with Gasteiger partial charge in [-0.3, -0.25) is 24.0 Å². The summed E-state index contributed by atoms with van der Waals surface area (Å²) < 4.78 is 1.89. The van der Waals surface area contributed by atoms with Gasteiger partial charge in [0.2, 0.25) is 0 Å². The van der Waals surface area contributed by atoms with Gasteiger partial charge in [0.1, 0.15) is 0 Å². The van der Waals surface area contributed by atoms with Crippen molar-refractivity contribution in [1.29, 1.82) is 0 Å². The number of thiazole rings is 1. The Balaban J connectivity index is 1.60. The Kier molecular flexibility index (Phi) is 4.54.